The van der Waals surface area contributed by atoms with Crippen molar-refractivity contribution in [2.24, 2.45) is 11.8 Å². The number of hydrogen-bond acceptors (Lipinski definition) is 3. The van der Waals surface area contributed by atoms with Crippen LogP contribution in [0.15, 0.2) is 29.2 Å². The first-order valence-electron chi connectivity index (χ1n) is 6.54. The van der Waals surface area contributed by atoms with Crippen LogP contribution in [0.5, 0.6) is 0 Å². The third-order valence-corrected chi connectivity index (χ3v) is 4.32. The zero-order valence-corrected chi connectivity index (χ0v) is 12.8. The monoisotopic (exact) mass is 299 g/mol. The van der Waals surface area contributed by atoms with Gasteiger partial charge in [-0.2, -0.15) is 0 Å². The second-order valence-electron chi connectivity index (χ2n) is 5.33. The zero-order valence-electron chi connectivity index (χ0n) is 12.0. The predicted molar refractivity (Wildman–Crippen MR) is 77.0 cm³/mol. The number of aliphatic carboxylic acids is 1. The van der Waals surface area contributed by atoms with Crippen LogP contribution in [0.3, 0.4) is 0 Å². The van der Waals surface area contributed by atoms with E-state index in [0.717, 1.165) is 12.0 Å². The molecule has 1 atom stereocenters. The normalized spacial score (nSPS) is 13.4. The summed E-state index contributed by atoms with van der Waals surface area (Å²) in [6, 6.07) is 6.67. The van der Waals surface area contributed by atoms with Gasteiger partial charge in [-0.1, -0.05) is 32.9 Å². The average molecular weight is 299 g/mol. The van der Waals surface area contributed by atoms with Crippen molar-refractivity contribution in [3.05, 3.63) is 29.8 Å². The maximum atomic E-state index is 12.0. The van der Waals surface area contributed by atoms with Crippen LogP contribution in [0.2, 0.25) is 0 Å². The minimum atomic E-state index is -3.65. The van der Waals surface area contributed by atoms with Crippen LogP contribution in [0.1, 0.15) is 26.3 Å². The Labute approximate surface area is 120 Å². The molecule has 6 heteroatoms. The molecular formula is C14H21NO4S. The molecule has 0 aromatic heterocycles. The smallest absolute Gasteiger partial charge is 0.307 e. The minimum Gasteiger partial charge on any atom is -0.481 e. The van der Waals surface area contributed by atoms with E-state index in [4.69, 9.17) is 5.11 Å². The van der Waals surface area contributed by atoms with Gasteiger partial charge < -0.3 is 5.11 Å². The number of rotatable bonds is 7. The Bertz CT molecular complexity index is 549. The molecule has 1 aromatic carbocycles. The molecule has 2 N–H and O–H groups in total. The Kier molecular flexibility index (Phi) is 5.71. The van der Waals surface area contributed by atoms with Gasteiger partial charge >= 0.3 is 5.97 Å². The lowest BCUT2D eigenvalue weighted by Gasteiger charge is -2.10. The van der Waals surface area contributed by atoms with E-state index in [1.54, 1.807) is 24.3 Å². The predicted octanol–water partition coefficient (Wildman–Crippen LogP) is 1.88. The van der Waals surface area contributed by atoms with Gasteiger partial charge in [0.25, 0.3) is 0 Å². The van der Waals surface area contributed by atoms with Crippen molar-refractivity contribution >= 4 is 16.0 Å². The minimum absolute atomic E-state index is 0.120. The van der Waals surface area contributed by atoms with E-state index in [2.05, 4.69) is 18.6 Å². The lowest BCUT2D eigenvalue weighted by atomic mass is 10.0. The van der Waals surface area contributed by atoms with Crippen molar-refractivity contribution in [1.29, 1.82) is 0 Å². The molecule has 0 fully saturated rings. The van der Waals surface area contributed by atoms with Crippen molar-refractivity contribution in [2.75, 3.05) is 6.54 Å². The zero-order chi connectivity index (χ0) is 15.3. The van der Waals surface area contributed by atoms with Crippen LogP contribution < -0.4 is 4.72 Å². The molecule has 0 heterocycles. The molecule has 1 rings (SSSR count). The van der Waals surface area contributed by atoms with E-state index < -0.39 is 21.9 Å². The van der Waals surface area contributed by atoms with E-state index in [9.17, 15) is 13.2 Å². The molecule has 0 saturated heterocycles. The van der Waals surface area contributed by atoms with E-state index in [-0.39, 0.29) is 11.4 Å². The van der Waals surface area contributed by atoms with Gasteiger partial charge in [-0.15, -0.1) is 0 Å². The summed E-state index contributed by atoms with van der Waals surface area (Å²) in [6.07, 6.45) is 0.893. The number of carbonyl (C=O) groups is 1. The summed E-state index contributed by atoms with van der Waals surface area (Å²) < 4.78 is 26.3. The van der Waals surface area contributed by atoms with Gasteiger partial charge in [-0.25, -0.2) is 13.1 Å². The summed E-state index contributed by atoms with van der Waals surface area (Å²) in [7, 11) is -3.65. The number of nitrogens with one attached hydrogen (secondary N) is 1. The molecular weight excluding hydrogens is 278 g/mol. The molecule has 1 unspecified atom stereocenters. The van der Waals surface area contributed by atoms with Gasteiger partial charge in [0.2, 0.25) is 10.0 Å². The summed E-state index contributed by atoms with van der Waals surface area (Å²) in [5.41, 5.74) is 1.08. The van der Waals surface area contributed by atoms with E-state index in [1.165, 1.54) is 6.92 Å². The summed E-state index contributed by atoms with van der Waals surface area (Å²) in [6.45, 7) is 5.53. The summed E-state index contributed by atoms with van der Waals surface area (Å²) in [4.78, 5) is 10.8. The first kappa shape index (κ1) is 16.7. The highest BCUT2D eigenvalue weighted by Crippen LogP contribution is 2.13. The van der Waals surface area contributed by atoms with Crippen molar-refractivity contribution in [1.82, 2.24) is 4.72 Å². The molecule has 1 aromatic rings. The van der Waals surface area contributed by atoms with Crippen molar-refractivity contribution < 1.29 is 18.3 Å². The van der Waals surface area contributed by atoms with Crippen LogP contribution in [-0.2, 0) is 21.2 Å². The summed E-state index contributed by atoms with van der Waals surface area (Å²) in [5.74, 6) is -1.28. The maximum Gasteiger partial charge on any atom is 0.307 e. The Balaban J connectivity index is 2.75. The molecule has 20 heavy (non-hydrogen) atoms. The van der Waals surface area contributed by atoms with Crippen molar-refractivity contribution in [3.63, 3.8) is 0 Å². The van der Waals surface area contributed by atoms with Crippen molar-refractivity contribution in [2.45, 2.75) is 32.1 Å². The molecule has 0 amide bonds. The van der Waals surface area contributed by atoms with Crippen LogP contribution in [0.25, 0.3) is 0 Å². The Morgan fingerprint density at radius 3 is 2.20 bits per heavy atom. The molecule has 112 valence electrons. The molecule has 0 spiro atoms. The highest BCUT2D eigenvalue weighted by molar-refractivity contribution is 7.89. The molecule has 0 aliphatic heterocycles. The second-order valence-corrected chi connectivity index (χ2v) is 7.10. The summed E-state index contributed by atoms with van der Waals surface area (Å²) in [5, 5.41) is 8.73. The maximum absolute atomic E-state index is 12.0. The fourth-order valence-electron chi connectivity index (χ4n) is 1.68. The van der Waals surface area contributed by atoms with Crippen LogP contribution in [0.4, 0.5) is 0 Å². The van der Waals surface area contributed by atoms with Crippen LogP contribution in [-0.4, -0.2) is 26.0 Å². The number of carboxylic acid groups (broad SMARTS) is 1. The largest absolute Gasteiger partial charge is 0.481 e. The number of carboxylic acids is 1. The fourth-order valence-corrected chi connectivity index (χ4v) is 2.81. The van der Waals surface area contributed by atoms with Crippen LogP contribution >= 0.6 is 0 Å². The highest BCUT2D eigenvalue weighted by atomic mass is 32.2. The van der Waals surface area contributed by atoms with Gasteiger partial charge in [-0.3, -0.25) is 4.79 Å². The van der Waals surface area contributed by atoms with E-state index in [1.807, 2.05) is 0 Å². The van der Waals surface area contributed by atoms with Gasteiger partial charge in [-0.05, 0) is 30.0 Å². The standard InChI is InChI=1S/C14H21NO4S/c1-10(2)8-12-4-6-13(7-5-12)20(18,19)15-9-11(3)14(16)17/h4-7,10-11,15H,8-9H2,1-3H3,(H,16,17). The fraction of sp³-hybridized carbons (Fsp3) is 0.500. The van der Waals surface area contributed by atoms with Gasteiger partial charge in [0.15, 0.2) is 0 Å². The molecule has 0 radical (unpaired) electrons. The lowest BCUT2D eigenvalue weighted by molar-refractivity contribution is -0.140. The van der Waals surface area contributed by atoms with E-state index in [0.29, 0.717) is 5.92 Å². The Hall–Kier alpha value is -1.40. The second kappa shape index (κ2) is 6.85. The topological polar surface area (TPSA) is 83.5 Å². The van der Waals surface area contributed by atoms with Gasteiger partial charge in [0.1, 0.15) is 0 Å². The molecule has 0 bridgehead atoms. The first-order chi connectivity index (χ1) is 9.22. The third kappa shape index (κ3) is 4.94. The quantitative estimate of drug-likeness (QED) is 0.805. The van der Waals surface area contributed by atoms with Gasteiger partial charge in [0.05, 0.1) is 10.8 Å². The highest BCUT2D eigenvalue weighted by Gasteiger charge is 2.18. The van der Waals surface area contributed by atoms with Crippen LogP contribution in [0, 0.1) is 11.8 Å². The Morgan fingerprint density at radius 1 is 1.20 bits per heavy atom. The van der Waals surface area contributed by atoms with Gasteiger partial charge in [0, 0.05) is 6.54 Å². The molecule has 0 aliphatic rings. The number of sulfonamides is 1. The number of benzene rings is 1. The molecule has 0 saturated carbocycles. The average Bonchev–Trinajstić information content (AvgIpc) is 2.35. The molecule has 0 aliphatic carbocycles. The first-order valence-corrected chi connectivity index (χ1v) is 8.02. The van der Waals surface area contributed by atoms with Crippen molar-refractivity contribution in [3.8, 4) is 0 Å². The lowest BCUT2D eigenvalue weighted by Crippen LogP contribution is -2.31. The van der Waals surface area contributed by atoms with E-state index >= 15 is 0 Å². The molecule has 5 nitrogen and oxygen atoms in total. The Morgan fingerprint density at radius 2 is 1.75 bits per heavy atom. The number of hydrogen-bond donors (Lipinski definition) is 2. The summed E-state index contributed by atoms with van der Waals surface area (Å²) >= 11 is 0. The SMILES string of the molecule is CC(C)Cc1ccc(S(=O)(=O)NCC(C)C(=O)O)cc1. The third-order valence-electron chi connectivity index (χ3n) is 2.88.